The van der Waals surface area contributed by atoms with E-state index >= 15 is 0 Å². The molecule has 0 bridgehead atoms. The van der Waals surface area contributed by atoms with Crippen LogP contribution >= 0.6 is 0 Å². The molecule has 0 atom stereocenters. The summed E-state index contributed by atoms with van der Waals surface area (Å²) < 4.78 is 0. The summed E-state index contributed by atoms with van der Waals surface area (Å²) in [6.07, 6.45) is 0.507. The minimum absolute atomic E-state index is 0.147. The van der Waals surface area contributed by atoms with Crippen LogP contribution in [0.25, 0.3) is 0 Å². The SMILES string of the molecule is O=C(CCCN1C(=O)c2ccccc2C1=O)NN=C(c1ccccc1)c1ccccc1. The number of benzene rings is 3. The maximum atomic E-state index is 12.4. The first-order valence-electron chi connectivity index (χ1n) is 10.1. The Labute approximate surface area is 180 Å². The maximum absolute atomic E-state index is 12.4. The van der Waals surface area contributed by atoms with Gasteiger partial charge in [0.2, 0.25) is 5.91 Å². The van der Waals surface area contributed by atoms with Gasteiger partial charge in [0.1, 0.15) is 0 Å². The molecule has 6 nitrogen and oxygen atoms in total. The molecule has 4 rings (SSSR count). The van der Waals surface area contributed by atoms with E-state index < -0.39 is 0 Å². The van der Waals surface area contributed by atoms with Gasteiger partial charge in [-0.15, -0.1) is 0 Å². The summed E-state index contributed by atoms with van der Waals surface area (Å²) in [4.78, 5) is 38.3. The largest absolute Gasteiger partial charge is 0.274 e. The van der Waals surface area contributed by atoms with Crippen LogP contribution in [0.15, 0.2) is 90.0 Å². The fraction of sp³-hybridized carbons (Fsp3) is 0.120. The Morgan fingerprint density at radius 3 is 1.74 bits per heavy atom. The van der Waals surface area contributed by atoms with E-state index in [2.05, 4.69) is 10.5 Å². The molecule has 3 aromatic rings. The third-order valence-corrected chi connectivity index (χ3v) is 5.05. The summed E-state index contributed by atoms with van der Waals surface area (Å²) in [6.45, 7) is 0.188. The highest BCUT2D eigenvalue weighted by atomic mass is 16.2. The predicted octanol–water partition coefficient (Wildman–Crippen LogP) is 3.63. The predicted molar refractivity (Wildman–Crippen MR) is 118 cm³/mol. The van der Waals surface area contributed by atoms with Crippen LogP contribution in [0.1, 0.15) is 44.7 Å². The van der Waals surface area contributed by atoms with Crippen molar-refractivity contribution in [3.05, 3.63) is 107 Å². The van der Waals surface area contributed by atoms with E-state index in [1.165, 1.54) is 4.90 Å². The van der Waals surface area contributed by atoms with Crippen LogP contribution in [-0.2, 0) is 4.79 Å². The summed E-state index contributed by atoms with van der Waals surface area (Å²) >= 11 is 0. The Morgan fingerprint density at radius 2 is 1.23 bits per heavy atom. The molecular weight excluding hydrogens is 390 g/mol. The Bertz CT molecular complexity index is 1060. The Morgan fingerprint density at radius 1 is 0.742 bits per heavy atom. The molecule has 1 aliphatic heterocycles. The van der Waals surface area contributed by atoms with Gasteiger partial charge in [0, 0.05) is 24.1 Å². The van der Waals surface area contributed by atoms with Gasteiger partial charge >= 0.3 is 0 Å². The van der Waals surface area contributed by atoms with Crippen LogP contribution in [0.2, 0.25) is 0 Å². The van der Waals surface area contributed by atoms with Crippen molar-refractivity contribution >= 4 is 23.4 Å². The van der Waals surface area contributed by atoms with Crippen molar-refractivity contribution in [2.24, 2.45) is 5.10 Å². The maximum Gasteiger partial charge on any atom is 0.261 e. The van der Waals surface area contributed by atoms with Crippen molar-refractivity contribution < 1.29 is 14.4 Å². The summed E-state index contributed by atoms with van der Waals surface area (Å²) in [5.41, 5.74) is 5.87. The van der Waals surface area contributed by atoms with Crippen LogP contribution in [0.4, 0.5) is 0 Å². The molecule has 31 heavy (non-hydrogen) atoms. The summed E-state index contributed by atoms with van der Waals surface area (Å²) in [7, 11) is 0. The first kappa shape index (κ1) is 20.2. The number of hydrogen-bond acceptors (Lipinski definition) is 4. The van der Waals surface area contributed by atoms with Gasteiger partial charge < -0.3 is 0 Å². The molecule has 3 amide bonds. The second kappa shape index (κ2) is 9.17. The highest BCUT2D eigenvalue weighted by molar-refractivity contribution is 6.21. The van der Waals surface area contributed by atoms with Crippen molar-refractivity contribution in [2.75, 3.05) is 6.54 Å². The lowest BCUT2D eigenvalue weighted by Crippen LogP contribution is -2.31. The summed E-state index contributed by atoms with van der Waals surface area (Å²) in [6, 6.07) is 26.0. The third kappa shape index (κ3) is 4.43. The van der Waals surface area contributed by atoms with Crippen LogP contribution in [0.3, 0.4) is 0 Å². The van der Waals surface area contributed by atoms with E-state index in [-0.39, 0.29) is 30.7 Å². The topological polar surface area (TPSA) is 78.8 Å². The molecule has 1 aliphatic rings. The third-order valence-electron chi connectivity index (χ3n) is 5.05. The van der Waals surface area contributed by atoms with Gasteiger partial charge in [0.15, 0.2) is 0 Å². The monoisotopic (exact) mass is 411 g/mol. The molecule has 1 heterocycles. The Hall–Kier alpha value is -4.06. The molecule has 0 aromatic heterocycles. The quantitative estimate of drug-likeness (QED) is 0.366. The smallest absolute Gasteiger partial charge is 0.261 e. The molecule has 154 valence electrons. The van der Waals surface area contributed by atoms with E-state index in [4.69, 9.17) is 0 Å². The average molecular weight is 411 g/mol. The minimum atomic E-state index is -0.311. The summed E-state index contributed by atoms with van der Waals surface area (Å²) in [5, 5.41) is 4.35. The Kier molecular flexibility index (Phi) is 5.98. The highest BCUT2D eigenvalue weighted by Crippen LogP contribution is 2.22. The number of fused-ring (bicyclic) bond motifs is 1. The lowest BCUT2D eigenvalue weighted by atomic mass is 10.0. The normalized spacial score (nSPS) is 12.5. The molecule has 1 N–H and O–H groups in total. The second-order valence-electron chi connectivity index (χ2n) is 7.14. The molecule has 3 aromatic carbocycles. The standard InChI is InChI=1S/C25H21N3O3/c29-22(16-9-17-28-24(30)20-14-7-8-15-21(20)25(28)31)26-27-23(18-10-3-1-4-11-18)19-12-5-2-6-13-19/h1-8,10-15H,9,16-17H2,(H,26,29). The number of nitrogens with one attached hydrogen (secondary N) is 1. The second-order valence-corrected chi connectivity index (χ2v) is 7.14. The van der Waals surface area contributed by atoms with E-state index in [0.717, 1.165) is 11.1 Å². The molecule has 0 radical (unpaired) electrons. The number of hydrazone groups is 1. The van der Waals surface area contributed by atoms with Gasteiger partial charge in [-0.25, -0.2) is 5.43 Å². The molecule has 0 saturated heterocycles. The number of carbonyl (C=O) groups excluding carboxylic acids is 3. The van der Waals surface area contributed by atoms with E-state index in [1.807, 2.05) is 60.7 Å². The van der Waals surface area contributed by atoms with E-state index in [9.17, 15) is 14.4 Å². The van der Waals surface area contributed by atoms with Crippen molar-refractivity contribution in [1.82, 2.24) is 10.3 Å². The number of amides is 3. The fourth-order valence-electron chi connectivity index (χ4n) is 3.50. The van der Waals surface area contributed by atoms with Crippen molar-refractivity contribution in [1.29, 1.82) is 0 Å². The molecular formula is C25H21N3O3. The van der Waals surface area contributed by atoms with Gasteiger partial charge in [0.25, 0.3) is 11.8 Å². The lowest BCUT2D eigenvalue weighted by molar-refractivity contribution is -0.121. The number of carbonyl (C=O) groups is 3. The Balaban J connectivity index is 1.38. The van der Waals surface area contributed by atoms with Gasteiger partial charge in [0.05, 0.1) is 16.8 Å². The highest BCUT2D eigenvalue weighted by Gasteiger charge is 2.34. The fourth-order valence-corrected chi connectivity index (χ4v) is 3.50. The van der Waals surface area contributed by atoms with Crippen molar-refractivity contribution in [3.63, 3.8) is 0 Å². The van der Waals surface area contributed by atoms with Crippen LogP contribution in [-0.4, -0.2) is 34.9 Å². The van der Waals surface area contributed by atoms with Crippen molar-refractivity contribution in [3.8, 4) is 0 Å². The molecule has 0 aliphatic carbocycles. The van der Waals surface area contributed by atoms with Gasteiger partial charge in [-0.3, -0.25) is 19.3 Å². The number of hydrogen-bond donors (Lipinski definition) is 1. The molecule has 6 heteroatoms. The zero-order chi connectivity index (χ0) is 21.6. The minimum Gasteiger partial charge on any atom is -0.274 e. The zero-order valence-corrected chi connectivity index (χ0v) is 16.8. The van der Waals surface area contributed by atoms with Gasteiger partial charge in [-0.2, -0.15) is 5.10 Å². The first-order valence-corrected chi connectivity index (χ1v) is 10.1. The van der Waals surface area contributed by atoms with Crippen molar-refractivity contribution in [2.45, 2.75) is 12.8 Å². The average Bonchev–Trinajstić information content (AvgIpc) is 3.06. The lowest BCUT2D eigenvalue weighted by Gasteiger charge is -2.13. The number of nitrogens with zero attached hydrogens (tertiary/aromatic N) is 2. The van der Waals surface area contributed by atoms with Crippen LogP contribution in [0, 0.1) is 0 Å². The molecule has 0 fully saturated rings. The number of rotatable bonds is 7. The van der Waals surface area contributed by atoms with Gasteiger partial charge in [-0.05, 0) is 18.6 Å². The number of imide groups is 1. The summed E-state index contributed by atoms with van der Waals surface area (Å²) in [5.74, 6) is -0.898. The molecule has 0 spiro atoms. The van der Waals surface area contributed by atoms with Crippen LogP contribution in [0.5, 0.6) is 0 Å². The van der Waals surface area contributed by atoms with E-state index in [0.29, 0.717) is 23.3 Å². The zero-order valence-electron chi connectivity index (χ0n) is 16.8. The van der Waals surface area contributed by atoms with Gasteiger partial charge in [-0.1, -0.05) is 72.8 Å². The molecule has 0 unspecified atom stereocenters. The molecule has 0 saturated carbocycles. The van der Waals surface area contributed by atoms with E-state index in [1.54, 1.807) is 24.3 Å². The first-order chi connectivity index (χ1) is 15.1. The van der Waals surface area contributed by atoms with Crippen LogP contribution < -0.4 is 5.43 Å².